The third kappa shape index (κ3) is 10.6. The van der Waals surface area contributed by atoms with E-state index in [0.717, 1.165) is 11.9 Å². The molecule has 1 aromatic rings. The number of Topliss-reactive ketones (excluding diaryl/α,β-unsaturated/α-hetero) is 1. The van der Waals surface area contributed by atoms with Crippen LogP contribution in [0.5, 0.6) is 0 Å². The third-order valence-electron chi connectivity index (χ3n) is 6.30. The van der Waals surface area contributed by atoms with Crippen molar-refractivity contribution in [3.05, 3.63) is 46.9 Å². The molecule has 1 rings (SSSR count). The van der Waals surface area contributed by atoms with Crippen molar-refractivity contribution in [2.45, 2.75) is 85.0 Å². The Morgan fingerprint density at radius 1 is 1.31 bits per heavy atom. The van der Waals surface area contributed by atoms with Crippen LogP contribution in [0.25, 0.3) is 6.08 Å². The minimum atomic E-state index is -4.50. The number of allylic oxidation sites excluding steroid dienone is 2. The molecule has 0 aromatic carbocycles. The van der Waals surface area contributed by atoms with E-state index in [2.05, 4.69) is 10.5 Å². The number of ketones is 1. The minimum Gasteiger partial charge on any atom is -0.392 e. The molecule has 0 bridgehead atoms. The van der Waals surface area contributed by atoms with E-state index < -0.39 is 29.2 Å². The molecule has 9 heteroatoms. The molecule has 0 fully saturated rings. The summed E-state index contributed by atoms with van der Waals surface area (Å²) in [6.07, 6.45) is 1.34. The van der Waals surface area contributed by atoms with E-state index in [1.807, 2.05) is 6.92 Å². The van der Waals surface area contributed by atoms with Gasteiger partial charge in [-0.05, 0) is 46.2 Å². The molecule has 202 valence electrons. The molecule has 0 amide bonds. The predicted octanol–water partition coefficient (Wildman–Crippen LogP) is 5.76. The van der Waals surface area contributed by atoms with Crippen LogP contribution in [-0.2, 0) is 9.59 Å². The van der Waals surface area contributed by atoms with Crippen molar-refractivity contribution in [3.63, 3.8) is 0 Å². The zero-order chi connectivity index (χ0) is 27.5. The van der Waals surface area contributed by atoms with E-state index >= 15 is 0 Å². The Balaban J connectivity index is 2.82. The zero-order valence-corrected chi connectivity index (χ0v) is 22.0. The van der Waals surface area contributed by atoms with Gasteiger partial charge in [0, 0.05) is 41.9 Å². The first-order valence-electron chi connectivity index (χ1n) is 12.1. The van der Waals surface area contributed by atoms with Crippen LogP contribution in [0.2, 0.25) is 0 Å². The number of nitrogens with zero attached hydrogens (tertiary/aromatic N) is 1. The van der Waals surface area contributed by atoms with Crippen LogP contribution in [0.3, 0.4) is 0 Å². The van der Waals surface area contributed by atoms with Crippen molar-refractivity contribution >= 4 is 18.1 Å². The van der Waals surface area contributed by atoms with Gasteiger partial charge < -0.3 is 19.7 Å². The number of hydrogen-bond acceptors (Lipinski definition) is 6. The normalized spacial score (nSPS) is 16.3. The molecule has 0 aliphatic carbocycles. The van der Waals surface area contributed by atoms with Gasteiger partial charge in [-0.15, -0.1) is 0 Å². The van der Waals surface area contributed by atoms with Crippen molar-refractivity contribution in [2.24, 2.45) is 11.3 Å². The van der Waals surface area contributed by atoms with Crippen molar-refractivity contribution in [1.29, 1.82) is 0 Å². The first kappa shape index (κ1) is 31.5. The van der Waals surface area contributed by atoms with Crippen LogP contribution in [0.15, 0.2) is 40.0 Å². The fraction of sp³-hybridized carbons (Fsp3) is 0.593. The van der Waals surface area contributed by atoms with E-state index in [4.69, 9.17) is 4.52 Å². The van der Waals surface area contributed by atoms with Gasteiger partial charge in [0.1, 0.15) is 23.5 Å². The maximum atomic E-state index is 13.6. The lowest BCUT2D eigenvalue weighted by molar-refractivity contribution is -0.130. The lowest BCUT2D eigenvalue weighted by Crippen LogP contribution is -2.30. The second-order valence-electron chi connectivity index (χ2n) is 9.83. The molecule has 0 saturated carbocycles. The number of aldehydes is 1. The number of aliphatic hydroxyl groups is 1. The van der Waals surface area contributed by atoms with Gasteiger partial charge in [0.25, 0.3) is 0 Å². The van der Waals surface area contributed by atoms with Crippen LogP contribution in [0.1, 0.15) is 71.3 Å². The highest BCUT2D eigenvalue weighted by Crippen LogP contribution is 2.30. The van der Waals surface area contributed by atoms with Gasteiger partial charge in [0.15, 0.2) is 0 Å². The SMILES string of the molecule is CNC(C/C=C(\C/C=C/C(C)C(O)CC(=O)C(C)(C)CCC=O)C(F)(F)F)/C(C)=C/c1cc(C)on1. The highest BCUT2D eigenvalue weighted by molar-refractivity contribution is 5.84. The van der Waals surface area contributed by atoms with Crippen molar-refractivity contribution < 1.29 is 32.4 Å². The van der Waals surface area contributed by atoms with E-state index in [1.165, 1.54) is 18.2 Å². The van der Waals surface area contributed by atoms with Gasteiger partial charge in [-0.25, -0.2) is 0 Å². The largest absolute Gasteiger partial charge is 0.412 e. The number of carbonyl (C=O) groups excluding carboxylic acids is 2. The monoisotopic (exact) mass is 512 g/mol. The van der Waals surface area contributed by atoms with Gasteiger partial charge in [0.2, 0.25) is 0 Å². The molecule has 0 saturated heterocycles. The van der Waals surface area contributed by atoms with E-state index in [-0.39, 0.29) is 37.5 Å². The molecule has 0 aliphatic heterocycles. The first-order valence-corrected chi connectivity index (χ1v) is 12.1. The Morgan fingerprint density at radius 2 is 1.97 bits per heavy atom. The van der Waals surface area contributed by atoms with Crippen LogP contribution < -0.4 is 5.32 Å². The Bertz CT molecular complexity index is 945. The second kappa shape index (κ2) is 14.3. The van der Waals surface area contributed by atoms with Crippen molar-refractivity contribution in [3.8, 4) is 0 Å². The molecule has 1 aromatic heterocycles. The van der Waals surface area contributed by atoms with Gasteiger partial charge in [-0.2, -0.15) is 13.2 Å². The summed E-state index contributed by atoms with van der Waals surface area (Å²) in [4.78, 5) is 23.1. The van der Waals surface area contributed by atoms with Crippen LogP contribution in [-0.4, -0.2) is 47.7 Å². The van der Waals surface area contributed by atoms with Gasteiger partial charge in [-0.3, -0.25) is 4.79 Å². The highest BCUT2D eigenvalue weighted by Gasteiger charge is 2.33. The van der Waals surface area contributed by atoms with Crippen LogP contribution >= 0.6 is 0 Å². The summed E-state index contributed by atoms with van der Waals surface area (Å²) in [6.45, 7) is 8.66. The number of aromatic nitrogens is 1. The second-order valence-corrected chi connectivity index (χ2v) is 9.83. The smallest absolute Gasteiger partial charge is 0.392 e. The molecule has 3 atom stereocenters. The van der Waals surface area contributed by atoms with Gasteiger partial charge in [0.05, 0.1) is 6.10 Å². The van der Waals surface area contributed by atoms with Crippen molar-refractivity contribution in [1.82, 2.24) is 10.5 Å². The van der Waals surface area contributed by atoms with E-state index in [0.29, 0.717) is 17.9 Å². The summed E-state index contributed by atoms with van der Waals surface area (Å²) in [5, 5.41) is 17.3. The number of likely N-dealkylation sites (N-methyl/N-ethyl adjacent to an activating group) is 1. The lowest BCUT2D eigenvalue weighted by Gasteiger charge is -2.25. The summed E-state index contributed by atoms with van der Waals surface area (Å²) >= 11 is 0. The number of rotatable bonds is 15. The molecule has 6 nitrogen and oxygen atoms in total. The van der Waals surface area contributed by atoms with Gasteiger partial charge in [-0.1, -0.05) is 49.7 Å². The Labute approximate surface area is 211 Å². The third-order valence-corrected chi connectivity index (χ3v) is 6.30. The molecule has 0 spiro atoms. The Hall–Kier alpha value is -2.52. The molecule has 36 heavy (non-hydrogen) atoms. The fourth-order valence-corrected chi connectivity index (χ4v) is 3.64. The van der Waals surface area contributed by atoms with Crippen LogP contribution in [0, 0.1) is 18.3 Å². The lowest BCUT2D eigenvalue weighted by atomic mass is 9.80. The summed E-state index contributed by atoms with van der Waals surface area (Å²) in [6, 6.07) is 1.42. The molecular weight excluding hydrogens is 473 g/mol. The Kier molecular flexibility index (Phi) is 12.5. The van der Waals surface area contributed by atoms with Crippen LogP contribution in [0.4, 0.5) is 13.2 Å². The standard InChI is InChI=1S/C27H39F3N2O4/c1-18(24(34)17-25(35)26(4,5)13-8-14-33)9-7-10-21(27(28,29)30)11-12-23(31-6)19(2)15-22-16-20(3)36-32-22/h7,9,11,14-16,18,23-24,31,34H,8,10,12-13,17H2,1-6H3/b9-7+,19-15+,21-11+. The van der Waals surface area contributed by atoms with E-state index in [1.54, 1.807) is 46.9 Å². The average Bonchev–Trinajstić information content (AvgIpc) is 3.20. The number of hydrogen-bond donors (Lipinski definition) is 2. The first-order chi connectivity index (χ1) is 16.7. The predicted molar refractivity (Wildman–Crippen MR) is 134 cm³/mol. The van der Waals surface area contributed by atoms with Crippen molar-refractivity contribution in [2.75, 3.05) is 7.05 Å². The average molecular weight is 513 g/mol. The molecular formula is C27H39F3N2O4. The molecule has 0 aliphatic rings. The maximum Gasteiger partial charge on any atom is 0.412 e. The summed E-state index contributed by atoms with van der Waals surface area (Å²) in [5.74, 6) is -0.0480. The molecule has 2 N–H and O–H groups in total. The summed E-state index contributed by atoms with van der Waals surface area (Å²) in [7, 11) is 1.68. The molecule has 0 radical (unpaired) electrons. The number of aliphatic hydroxyl groups excluding tert-OH is 1. The summed E-state index contributed by atoms with van der Waals surface area (Å²) < 4.78 is 45.9. The molecule has 1 heterocycles. The summed E-state index contributed by atoms with van der Waals surface area (Å²) in [5.41, 5.74) is -0.0136. The quantitative estimate of drug-likeness (QED) is 0.229. The number of carbonyl (C=O) groups is 2. The Morgan fingerprint density at radius 3 is 2.50 bits per heavy atom. The number of halogens is 3. The fourth-order valence-electron chi connectivity index (χ4n) is 3.64. The minimum absolute atomic E-state index is 0.125. The zero-order valence-electron chi connectivity index (χ0n) is 22.0. The maximum absolute atomic E-state index is 13.6. The number of nitrogens with one attached hydrogen (secondary N) is 1. The number of alkyl halides is 3. The highest BCUT2D eigenvalue weighted by atomic mass is 19.4. The topological polar surface area (TPSA) is 92.4 Å². The molecule has 3 unspecified atom stereocenters. The van der Waals surface area contributed by atoms with E-state index in [9.17, 15) is 27.9 Å². The number of aryl methyl sites for hydroxylation is 1. The van der Waals surface area contributed by atoms with Gasteiger partial charge >= 0.3 is 6.18 Å².